The highest BCUT2D eigenvalue weighted by Gasteiger charge is 2.03. The van der Waals surface area contributed by atoms with Crippen LogP contribution in [-0.2, 0) is 0 Å². The van der Waals surface area contributed by atoms with Gasteiger partial charge in [-0.2, -0.15) is 0 Å². The normalized spacial score (nSPS) is 11.8. The van der Waals surface area contributed by atoms with Crippen LogP contribution in [0.5, 0.6) is 0 Å². The van der Waals surface area contributed by atoms with E-state index in [0.717, 1.165) is 18.0 Å². The summed E-state index contributed by atoms with van der Waals surface area (Å²) in [4.78, 5) is 2.55. The molecular weight excluding hydrogens is 274 g/mol. The summed E-state index contributed by atoms with van der Waals surface area (Å²) in [6.45, 7) is 3.13. The fourth-order valence-corrected chi connectivity index (χ4v) is 3.12. The van der Waals surface area contributed by atoms with Crippen LogP contribution in [0.2, 0.25) is 5.02 Å². The maximum Gasteiger partial charge on any atom is 0.0412 e. The van der Waals surface area contributed by atoms with E-state index in [0.29, 0.717) is 0 Å². The largest absolute Gasteiger partial charge is 0.316 e. The molecule has 0 unspecified atom stereocenters. The van der Waals surface area contributed by atoms with Crippen molar-refractivity contribution in [2.75, 3.05) is 13.6 Å². The number of likely N-dealkylation sites (N-methyl/N-ethyl adjacent to an activating group) is 1. The molecular formula is C16H18ClNS. The van der Waals surface area contributed by atoms with E-state index >= 15 is 0 Å². The van der Waals surface area contributed by atoms with E-state index < -0.39 is 0 Å². The third-order valence-electron chi connectivity index (χ3n) is 2.94. The lowest BCUT2D eigenvalue weighted by Crippen LogP contribution is -2.09. The summed E-state index contributed by atoms with van der Waals surface area (Å²) >= 11 is 7.84. The Hall–Kier alpha value is -1.09. The molecule has 1 N–H and O–H groups in total. The van der Waals surface area contributed by atoms with Gasteiger partial charge in [-0.15, -0.1) is 11.3 Å². The molecule has 0 fully saturated rings. The van der Waals surface area contributed by atoms with E-state index in [4.69, 9.17) is 11.6 Å². The summed E-state index contributed by atoms with van der Waals surface area (Å²) in [5, 5.41) is 3.99. The second kappa shape index (κ2) is 6.90. The molecule has 0 saturated heterocycles. The van der Waals surface area contributed by atoms with Crippen LogP contribution in [0.4, 0.5) is 0 Å². The molecule has 3 heteroatoms. The average molecular weight is 292 g/mol. The molecule has 1 heterocycles. The quantitative estimate of drug-likeness (QED) is 0.810. The molecule has 0 bridgehead atoms. The Kier molecular flexibility index (Phi) is 5.20. The molecule has 0 aliphatic carbocycles. The van der Waals surface area contributed by atoms with Crippen molar-refractivity contribution in [1.29, 1.82) is 0 Å². The number of hydrogen-bond acceptors (Lipinski definition) is 2. The molecule has 0 aliphatic heterocycles. The molecule has 0 atom stereocenters. The summed E-state index contributed by atoms with van der Waals surface area (Å²) < 4.78 is 0. The zero-order valence-corrected chi connectivity index (χ0v) is 12.8. The van der Waals surface area contributed by atoms with Crippen LogP contribution in [0, 0.1) is 0 Å². The maximum absolute atomic E-state index is 6.03. The first kappa shape index (κ1) is 14.3. The molecule has 2 rings (SSSR count). The molecule has 0 amide bonds. The minimum absolute atomic E-state index is 0.785. The van der Waals surface area contributed by atoms with Crippen LogP contribution in [0.25, 0.3) is 16.5 Å². The minimum atomic E-state index is 0.785. The van der Waals surface area contributed by atoms with Gasteiger partial charge in [0.2, 0.25) is 0 Å². The van der Waals surface area contributed by atoms with Crippen LogP contribution >= 0.6 is 22.9 Å². The fraction of sp³-hybridized carbons (Fsp3) is 0.250. The van der Waals surface area contributed by atoms with Crippen molar-refractivity contribution >= 4 is 29.0 Å². The van der Waals surface area contributed by atoms with E-state index in [9.17, 15) is 0 Å². The van der Waals surface area contributed by atoms with Crippen molar-refractivity contribution < 1.29 is 0 Å². The van der Waals surface area contributed by atoms with Gasteiger partial charge in [0.1, 0.15) is 0 Å². The number of thiophene rings is 1. The highest BCUT2D eigenvalue weighted by Crippen LogP contribution is 2.30. The first-order valence-corrected chi connectivity index (χ1v) is 7.62. The van der Waals surface area contributed by atoms with E-state index in [1.54, 1.807) is 11.3 Å². The predicted octanol–water partition coefficient (Wildman–Crippen LogP) is 5.08. The summed E-state index contributed by atoms with van der Waals surface area (Å²) in [6.07, 6.45) is 3.35. The second-order valence-corrected chi connectivity index (χ2v) is 5.95. The molecule has 0 saturated carbocycles. The molecule has 0 aliphatic rings. The standard InChI is InChI=1S/C16H18ClNS/c1-3-12(11-18-2)9-15-7-8-16(19-15)13-5-4-6-14(17)10-13/h4-10,18H,3,11H2,1-2H3. The summed E-state index contributed by atoms with van der Waals surface area (Å²) in [5.41, 5.74) is 2.60. The summed E-state index contributed by atoms with van der Waals surface area (Å²) in [5.74, 6) is 0. The van der Waals surface area contributed by atoms with Gasteiger partial charge in [-0.05, 0) is 49.4 Å². The lowest BCUT2D eigenvalue weighted by Gasteiger charge is -2.02. The van der Waals surface area contributed by atoms with Crippen molar-refractivity contribution in [3.05, 3.63) is 51.9 Å². The number of hydrogen-bond donors (Lipinski definition) is 1. The van der Waals surface area contributed by atoms with Gasteiger partial charge >= 0.3 is 0 Å². The summed E-state index contributed by atoms with van der Waals surface area (Å²) in [6, 6.07) is 12.3. The minimum Gasteiger partial charge on any atom is -0.316 e. The van der Waals surface area contributed by atoms with Gasteiger partial charge in [0.05, 0.1) is 0 Å². The van der Waals surface area contributed by atoms with Crippen molar-refractivity contribution in [1.82, 2.24) is 5.32 Å². The van der Waals surface area contributed by atoms with Crippen LogP contribution in [-0.4, -0.2) is 13.6 Å². The zero-order valence-electron chi connectivity index (χ0n) is 11.2. The van der Waals surface area contributed by atoms with Crippen molar-refractivity contribution in [3.63, 3.8) is 0 Å². The molecule has 1 nitrogen and oxygen atoms in total. The van der Waals surface area contributed by atoms with Gasteiger partial charge in [0.25, 0.3) is 0 Å². The Morgan fingerprint density at radius 1 is 1.32 bits per heavy atom. The zero-order chi connectivity index (χ0) is 13.7. The molecule has 1 aromatic heterocycles. The first-order chi connectivity index (χ1) is 9.22. The highest BCUT2D eigenvalue weighted by molar-refractivity contribution is 7.16. The Morgan fingerprint density at radius 3 is 2.84 bits per heavy atom. The van der Waals surface area contributed by atoms with E-state index in [1.807, 2.05) is 25.2 Å². The van der Waals surface area contributed by atoms with Crippen molar-refractivity contribution in [3.8, 4) is 10.4 Å². The monoisotopic (exact) mass is 291 g/mol. The SMILES string of the molecule is CCC(=Cc1ccc(-c2cccc(Cl)c2)s1)CNC. The molecule has 1 aromatic carbocycles. The lowest BCUT2D eigenvalue weighted by atomic mass is 10.1. The second-order valence-electron chi connectivity index (χ2n) is 4.40. The third kappa shape index (κ3) is 3.93. The number of benzene rings is 1. The highest BCUT2D eigenvalue weighted by atomic mass is 35.5. The van der Waals surface area contributed by atoms with Gasteiger partial charge in [0.15, 0.2) is 0 Å². The number of halogens is 1. The number of rotatable bonds is 5. The summed E-state index contributed by atoms with van der Waals surface area (Å²) in [7, 11) is 1.98. The van der Waals surface area contributed by atoms with E-state index in [1.165, 1.54) is 20.9 Å². The topological polar surface area (TPSA) is 12.0 Å². The Morgan fingerprint density at radius 2 is 2.16 bits per heavy atom. The Balaban J connectivity index is 2.24. The Bertz CT molecular complexity index is 572. The van der Waals surface area contributed by atoms with Crippen LogP contribution in [0.15, 0.2) is 42.0 Å². The maximum atomic E-state index is 6.03. The van der Waals surface area contributed by atoms with Crippen LogP contribution < -0.4 is 5.32 Å². The third-order valence-corrected chi connectivity index (χ3v) is 4.26. The first-order valence-electron chi connectivity index (χ1n) is 6.42. The lowest BCUT2D eigenvalue weighted by molar-refractivity contribution is 0.851. The van der Waals surface area contributed by atoms with Crippen LogP contribution in [0.3, 0.4) is 0 Å². The molecule has 2 aromatic rings. The van der Waals surface area contributed by atoms with Gasteiger partial charge in [-0.3, -0.25) is 0 Å². The van der Waals surface area contributed by atoms with E-state index in [2.05, 4.69) is 36.5 Å². The van der Waals surface area contributed by atoms with Crippen molar-refractivity contribution in [2.45, 2.75) is 13.3 Å². The fourth-order valence-electron chi connectivity index (χ4n) is 1.93. The van der Waals surface area contributed by atoms with E-state index in [-0.39, 0.29) is 0 Å². The molecule has 100 valence electrons. The smallest absolute Gasteiger partial charge is 0.0412 e. The Labute approximate surface area is 123 Å². The molecule has 0 spiro atoms. The van der Waals surface area contributed by atoms with Crippen LogP contribution in [0.1, 0.15) is 18.2 Å². The molecule has 0 radical (unpaired) electrons. The van der Waals surface area contributed by atoms with Gasteiger partial charge in [-0.1, -0.05) is 36.2 Å². The van der Waals surface area contributed by atoms with Gasteiger partial charge < -0.3 is 5.32 Å². The van der Waals surface area contributed by atoms with Crippen molar-refractivity contribution in [2.24, 2.45) is 0 Å². The predicted molar refractivity (Wildman–Crippen MR) is 87.0 cm³/mol. The average Bonchev–Trinajstić information content (AvgIpc) is 2.87. The van der Waals surface area contributed by atoms with Gasteiger partial charge in [-0.25, -0.2) is 0 Å². The number of nitrogens with one attached hydrogen (secondary N) is 1. The molecule has 19 heavy (non-hydrogen) atoms. The van der Waals surface area contributed by atoms with Gasteiger partial charge in [0, 0.05) is 21.3 Å².